The average Bonchev–Trinajstić information content (AvgIpc) is 2.47. The van der Waals surface area contributed by atoms with Gasteiger partial charge in [0.1, 0.15) is 0 Å². The van der Waals surface area contributed by atoms with Crippen LogP contribution in [0.1, 0.15) is 34.8 Å². The van der Waals surface area contributed by atoms with E-state index in [1.165, 1.54) is 0 Å². The summed E-state index contributed by atoms with van der Waals surface area (Å²) in [6.07, 6.45) is 0.412. The smallest absolute Gasteiger partial charge is 0.255 e. The molecule has 1 amide bonds. The van der Waals surface area contributed by atoms with Gasteiger partial charge < -0.3 is 14.7 Å². The number of rotatable bonds is 2. The molecule has 1 atom stereocenters. The second-order valence-electron chi connectivity index (χ2n) is 5.25. The number of benzene rings is 1. The first-order chi connectivity index (χ1) is 10.1. The van der Waals surface area contributed by atoms with Gasteiger partial charge in [0.05, 0.1) is 31.4 Å². The number of ether oxygens (including phenoxy) is 1. The van der Waals surface area contributed by atoms with Crippen LogP contribution in [0.3, 0.4) is 0 Å². The van der Waals surface area contributed by atoms with Crippen LogP contribution in [0.5, 0.6) is 0 Å². The minimum Gasteiger partial charge on any atom is -0.395 e. The number of aliphatic hydroxyl groups excluding tert-OH is 1. The summed E-state index contributed by atoms with van der Waals surface area (Å²) in [6, 6.07) is 5.76. The Morgan fingerprint density at radius 3 is 3.05 bits per heavy atom. The Hall–Kier alpha value is -1.83. The van der Waals surface area contributed by atoms with Gasteiger partial charge in [0.15, 0.2) is 0 Å². The fourth-order valence-corrected chi connectivity index (χ4v) is 2.35. The summed E-state index contributed by atoms with van der Waals surface area (Å²) in [5.41, 5.74) is 2.42. The van der Waals surface area contributed by atoms with Crippen LogP contribution in [0.4, 0.5) is 0 Å². The number of aryl methyl sites for hydroxylation is 1. The predicted octanol–water partition coefficient (Wildman–Crippen LogP) is 1.59. The van der Waals surface area contributed by atoms with Gasteiger partial charge in [0.25, 0.3) is 5.91 Å². The Labute approximate surface area is 125 Å². The third-order valence-electron chi connectivity index (χ3n) is 3.49. The summed E-state index contributed by atoms with van der Waals surface area (Å²) in [6.45, 7) is 5.75. The van der Waals surface area contributed by atoms with E-state index in [2.05, 4.69) is 11.8 Å². The molecule has 1 aromatic rings. The topological polar surface area (TPSA) is 49.8 Å². The summed E-state index contributed by atoms with van der Waals surface area (Å²) in [5.74, 6) is 5.89. The molecule has 1 saturated heterocycles. The molecule has 1 heterocycles. The van der Waals surface area contributed by atoms with Crippen LogP contribution < -0.4 is 0 Å². The standard InChI is InChI=1S/C17H21NO3/c1-13-6-7-16(15(11-13)5-3-4-9-19)17(20)18-8-10-21-12-14(18)2/h6-7,11,14,19H,4,8-10,12H2,1-2H3. The number of amides is 1. The molecule has 0 saturated carbocycles. The molecule has 0 bridgehead atoms. The lowest BCUT2D eigenvalue weighted by atomic mass is 10.0. The molecule has 0 spiro atoms. The van der Waals surface area contributed by atoms with Crippen LogP contribution in [-0.4, -0.2) is 48.3 Å². The van der Waals surface area contributed by atoms with E-state index in [-0.39, 0.29) is 18.6 Å². The third-order valence-corrected chi connectivity index (χ3v) is 3.49. The number of hydrogen-bond donors (Lipinski definition) is 1. The molecular weight excluding hydrogens is 266 g/mol. The van der Waals surface area contributed by atoms with Crippen molar-refractivity contribution in [3.05, 3.63) is 34.9 Å². The largest absolute Gasteiger partial charge is 0.395 e. The van der Waals surface area contributed by atoms with Crippen molar-refractivity contribution in [3.8, 4) is 11.8 Å². The number of carbonyl (C=O) groups excluding carboxylic acids is 1. The fraction of sp³-hybridized carbons (Fsp3) is 0.471. The first-order valence-corrected chi connectivity index (χ1v) is 7.22. The van der Waals surface area contributed by atoms with E-state index in [0.29, 0.717) is 31.7 Å². The highest BCUT2D eigenvalue weighted by Crippen LogP contribution is 2.17. The zero-order chi connectivity index (χ0) is 15.2. The molecule has 1 aliphatic heterocycles. The van der Waals surface area contributed by atoms with Crippen LogP contribution in [0.25, 0.3) is 0 Å². The minimum atomic E-state index is -0.000835. The quantitative estimate of drug-likeness (QED) is 0.840. The van der Waals surface area contributed by atoms with Gasteiger partial charge in [0.2, 0.25) is 0 Å². The number of aliphatic hydroxyl groups is 1. The zero-order valence-electron chi connectivity index (χ0n) is 12.6. The summed E-state index contributed by atoms with van der Waals surface area (Å²) < 4.78 is 5.38. The van der Waals surface area contributed by atoms with Crippen LogP contribution in [0.15, 0.2) is 18.2 Å². The molecule has 1 N–H and O–H groups in total. The van der Waals surface area contributed by atoms with Crippen molar-refractivity contribution in [2.45, 2.75) is 26.3 Å². The normalized spacial score (nSPS) is 18.0. The molecule has 4 nitrogen and oxygen atoms in total. The van der Waals surface area contributed by atoms with E-state index < -0.39 is 0 Å². The lowest BCUT2D eigenvalue weighted by Gasteiger charge is -2.33. The van der Waals surface area contributed by atoms with E-state index >= 15 is 0 Å². The molecule has 112 valence electrons. The molecule has 4 heteroatoms. The minimum absolute atomic E-state index is 0.000835. The summed E-state index contributed by atoms with van der Waals surface area (Å²) in [7, 11) is 0. The lowest BCUT2D eigenvalue weighted by molar-refractivity contribution is 0.00358. The van der Waals surface area contributed by atoms with Gasteiger partial charge in [-0.25, -0.2) is 0 Å². The molecule has 1 aromatic carbocycles. The maximum Gasteiger partial charge on any atom is 0.255 e. The van der Waals surface area contributed by atoms with E-state index in [4.69, 9.17) is 9.84 Å². The van der Waals surface area contributed by atoms with Gasteiger partial charge in [-0.1, -0.05) is 17.9 Å². The summed E-state index contributed by atoms with van der Waals surface area (Å²) in [4.78, 5) is 14.6. The highest BCUT2D eigenvalue weighted by atomic mass is 16.5. The van der Waals surface area contributed by atoms with Gasteiger partial charge in [-0.15, -0.1) is 0 Å². The monoisotopic (exact) mass is 287 g/mol. The van der Waals surface area contributed by atoms with Gasteiger partial charge in [-0.3, -0.25) is 4.79 Å². The molecule has 1 aliphatic rings. The van der Waals surface area contributed by atoms with Crippen LogP contribution >= 0.6 is 0 Å². The maximum atomic E-state index is 12.7. The van der Waals surface area contributed by atoms with Crippen molar-refractivity contribution >= 4 is 5.91 Å². The summed E-state index contributed by atoms with van der Waals surface area (Å²) in [5, 5.41) is 8.82. The third kappa shape index (κ3) is 3.84. The SMILES string of the molecule is Cc1ccc(C(=O)N2CCOCC2C)c(C#CCCO)c1. The van der Waals surface area contributed by atoms with Crippen LogP contribution in [-0.2, 0) is 4.74 Å². The highest BCUT2D eigenvalue weighted by molar-refractivity contribution is 5.97. The van der Waals surface area contributed by atoms with E-state index in [1.54, 1.807) is 0 Å². The Morgan fingerprint density at radius 1 is 1.52 bits per heavy atom. The Balaban J connectivity index is 2.30. The number of hydrogen-bond acceptors (Lipinski definition) is 3. The molecule has 0 aliphatic carbocycles. The highest BCUT2D eigenvalue weighted by Gasteiger charge is 2.26. The van der Waals surface area contributed by atoms with Crippen LogP contribution in [0, 0.1) is 18.8 Å². The number of morpholine rings is 1. The number of carbonyl (C=O) groups is 1. The molecule has 0 aromatic heterocycles. The van der Waals surface area contributed by atoms with Crippen molar-refractivity contribution < 1.29 is 14.6 Å². The van der Waals surface area contributed by atoms with Gasteiger partial charge in [0, 0.05) is 18.5 Å². The van der Waals surface area contributed by atoms with Crippen molar-refractivity contribution in [1.82, 2.24) is 4.90 Å². The van der Waals surface area contributed by atoms with Crippen molar-refractivity contribution in [2.75, 3.05) is 26.4 Å². The first-order valence-electron chi connectivity index (χ1n) is 7.22. The second-order valence-corrected chi connectivity index (χ2v) is 5.25. The van der Waals surface area contributed by atoms with Gasteiger partial charge in [-0.2, -0.15) is 0 Å². The van der Waals surface area contributed by atoms with Gasteiger partial charge >= 0.3 is 0 Å². The van der Waals surface area contributed by atoms with E-state index in [0.717, 1.165) is 11.1 Å². The Bertz CT molecular complexity index is 571. The molecule has 1 unspecified atom stereocenters. The molecule has 0 radical (unpaired) electrons. The average molecular weight is 287 g/mol. The predicted molar refractivity (Wildman–Crippen MR) is 81.1 cm³/mol. The van der Waals surface area contributed by atoms with Crippen molar-refractivity contribution in [1.29, 1.82) is 0 Å². The van der Waals surface area contributed by atoms with E-state index in [1.807, 2.05) is 36.9 Å². The number of nitrogens with zero attached hydrogens (tertiary/aromatic N) is 1. The second kappa shape index (κ2) is 7.26. The zero-order valence-corrected chi connectivity index (χ0v) is 12.6. The lowest BCUT2D eigenvalue weighted by Crippen LogP contribution is -2.47. The Morgan fingerprint density at radius 2 is 2.33 bits per heavy atom. The molecule has 2 rings (SSSR count). The van der Waals surface area contributed by atoms with Gasteiger partial charge in [-0.05, 0) is 31.5 Å². The van der Waals surface area contributed by atoms with E-state index in [9.17, 15) is 4.79 Å². The molecule has 1 fully saturated rings. The molecular formula is C17H21NO3. The molecule has 21 heavy (non-hydrogen) atoms. The first kappa shape index (κ1) is 15.6. The fourth-order valence-electron chi connectivity index (χ4n) is 2.35. The summed E-state index contributed by atoms with van der Waals surface area (Å²) >= 11 is 0. The Kier molecular flexibility index (Phi) is 5.38. The maximum absolute atomic E-state index is 12.7. The van der Waals surface area contributed by atoms with Crippen LogP contribution in [0.2, 0.25) is 0 Å². The van der Waals surface area contributed by atoms with Crippen molar-refractivity contribution in [3.63, 3.8) is 0 Å². The van der Waals surface area contributed by atoms with Crippen molar-refractivity contribution in [2.24, 2.45) is 0 Å².